The number of rotatable bonds is 4. The van der Waals surface area contributed by atoms with Crippen molar-refractivity contribution in [3.8, 4) is 5.69 Å². The number of aromatic nitrogens is 4. The van der Waals surface area contributed by atoms with Gasteiger partial charge in [0.1, 0.15) is 0 Å². The minimum Gasteiger partial charge on any atom is -0.308 e. The van der Waals surface area contributed by atoms with Crippen LogP contribution in [0.15, 0.2) is 22.7 Å². The average Bonchev–Trinajstić information content (AvgIpc) is 2.78. The number of halogens is 1. The summed E-state index contributed by atoms with van der Waals surface area (Å²) >= 11 is 3.46. The van der Waals surface area contributed by atoms with E-state index in [2.05, 4.69) is 56.7 Å². The summed E-state index contributed by atoms with van der Waals surface area (Å²) in [5.74, 6) is 0.822. The summed E-state index contributed by atoms with van der Waals surface area (Å²) < 4.78 is 2.84. The van der Waals surface area contributed by atoms with Gasteiger partial charge in [-0.25, -0.2) is 0 Å². The molecule has 0 spiro atoms. The Kier molecular flexibility index (Phi) is 4.08. The minimum absolute atomic E-state index is 0.119. The molecule has 96 valence electrons. The molecule has 1 atom stereocenters. The number of nitrogens with one attached hydrogen (secondary N) is 1. The molecule has 0 fully saturated rings. The van der Waals surface area contributed by atoms with Crippen molar-refractivity contribution in [1.29, 1.82) is 0 Å². The fourth-order valence-corrected chi connectivity index (χ4v) is 2.37. The maximum atomic E-state index is 4.10. The van der Waals surface area contributed by atoms with Gasteiger partial charge < -0.3 is 5.32 Å². The van der Waals surface area contributed by atoms with Gasteiger partial charge in [0.2, 0.25) is 0 Å². The summed E-state index contributed by atoms with van der Waals surface area (Å²) in [6.07, 6.45) is 0. The predicted octanol–water partition coefficient (Wildman–Crippen LogP) is 2.40. The Balaban J connectivity index is 2.42. The Hall–Kier alpha value is -1.27. The second kappa shape index (κ2) is 5.58. The van der Waals surface area contributed by atoms with E-state index in [4.69, 9.17) is 0 Å². The van der Waals surface area contributed by atoms with Crippen LogP contribution >= 0.6 is 15.9 Å². The maximum Gasteiger partial charge on any atom is 0.173 e. The van der Waals surface area contributed by atoms with Gasteiger partial charge in [0.15, 0.2) is 5.82 Å². The molecule has 6 heteroatoms. The van der Waals surface area contributed by atoms with E-state index >= 15 is 0 Å². The van der Waals surface area contributed by atoms with Gasteiger partial charge in [-0.1, -0.05) is 22.9 Å². The van der Waals surface area contributed by atoms with E-state index in [1.807, 2.05) is 19.1 Å². The third kappa shape index (κ3) is 2.59. The molecule has 2 aromatic rings. The summed E-state index contributed by atoms with van der Waals surface area (Å²) in [6, 6.07) is 6.18. The lowest BCUT2D eigenvalue weighted by Gasteiger charge is -2.13. The lowest BCUT2D eigenvalue weighted by atomic mass is 10.2. The second-order valence-electron chi connectivity index (χ2n) is 4.16. The molecule has 1 N–H and O–H groups in total. The molecule has 0 bridgehead atoms. The fraction of sp³-hybridized carbons (Fsp3) is 0.417. The first-order valence-corrected chi connectivity index (χ1v) is 6.71. The zero-order valence-electron chi connectivity index (χ0n) is 10.7. The van der Waals surface area contributed by atoms with Gasteiger partial charge in [-0.3, -0.25) is 0 Å². The molecule has 1 heterocycles. The number of benzene rings is 1. The molecule has 18 heavy (non-hydrogen) atoms. The maximum absolute atomic E-state index is 4.10. The van der Waals surface area contributed by atoms with Crippen LogP contribution in [0, 0.1) is 6.92 Å². The molecule has 2 rings (SSSR count). The van der Waals surface area contributed by atoms with Crippen LogP contribution in [-0.4, -0.2) is 26.8 Å². The molecule has 0 radical (unpaired) electrons. The Morgan fingerprint density at radius 2 is 2.22 bits per heavy atom. The van der Waals surface area contributed by atoms with Gasteiger partial charge in [-0.15, -0.1) is 5.10 Å². The van der Waals surface area contributed by atoms with Gasteiger partial charge in [-0.05, 0) is 54.6 Å². The number of hydrogen-bond donors (Lipinski definition) is 1. The number of hydrogen-bond acceptors (Lipinski definition) is 4. The third-order valence-electron chi connectivity index (χ3n) is 2.78. The SMILES string of the molecule is CCNC(C)c1nnnn1-c1ccc(Br)cc1C. The zero-order valence-corrected chi connectivity index (χ0v) is 12.3. The van der Waals surface area contributed by atoms with Gasteiger partial charge in [0, 0.05) is 4.47 Å². The first kappa shape index (κ1) is 13.2. The van der Waals surface area contributed by atoms with Gasteiger partial charge >= 0.3 is 0 Å². The van der Waals surface area contributed by atoms with E-state index in [0.717, 1.165) is 28.1 Å². The second-order valence-corrected chi connectivity index (χ2v) is 5.07. The molecule has 1 aromatic heterocycles. The zero-order chi connectivity index (χ0) is 13.1. The van der Waals surface area contributed by atoms with Crippen LogP contribution in [0.4, 0.5) is 0 Å². The highest BCUT2D eigenvalue weighted by atomic mass is 79.9. The van der Waals surface area contributed by atoms with Crippen LogP contribution in [-0.2, 0) is 0 Å². The van der Waals surface area contributed by atoms with Crippen molar-refractivity contribution in [1.82, 2.24) is 25.5 Å². The lowest BCUT2D eigenvalue weighted by molar-refractivity contribution is 0.550. The fourth-order valence-electron chi connectivity index (χ4n) is 1.89. The van der Waals surface area contributed by atoms with E-state index in [0.29, 0.717) is 0 Å². The predicted molar refractivity (Wildman–Crippen MR) is 73.7 cm³/mol. The number of nitrogens with zero attached hydrogens (tertiary/aromatic N) is 4. The smallest absolute Gasteiger partial charge is 0.173 e. The van der Waals surface area contributed by atoms with Crippen LogP contribution in [0.1, 0.15) is 31.3 Å². The molecule has 0 aliphatic carbocycles. The molecule has 0 saturated heterocycles. The Bertz CT molecular complexity index is 537. The quantitative estimate of drug-likeness (QED) is 0.942. The average molecular weight is 310 g/mol. The summed E-state index contributed by atoms with van der Waals surface area (Å²) in [5, 5.41) is 15.3. The van der Waals surface area contributed by atoms with Crippen LogP contribution in [0.3, 0.4) is 0 Å². The summed E-state index contributed by atoms with van der Waals surface area (Å²) in [4.78, 5) is 0. The molecule has 1 unspecified atom stereocenters. The molecule has 0 aliphatic heterocycles. The molecular weight excluding hydrogens is 294 g/mol. The number of tetrazole rings is 1. The molecule has 0 amide bonds. The molecule has 0 aliphatic rings. The molecule has 5 nitrogen and oxygen atoms in total. The van der Waals surface area contributed by atoms with Crippen molar-refractivity contribution in [2.24, 2.45) is 0 Å². The Morgan fingerprint density at radius 1 is 1.44 bits per heavy atom. The summed E-state index contributed by atoms with van der Waals surface area (Å²) in [5.41, 5.74) is 2.13. The molecule has 0 saturated carbocycles. The normalized spacial score (nSPS) is 12.7. The minimum atomic E-state index is 0.119. The largest absolute Gasteiger partial charge is 0.308 e. The number of aryl methyl sites for hydroxylation is 1. The van der Waals surface area contributed by atoms with Crippen molar-refractivity contribution in [2.45, 2.75) is 26.8 Å². The van der Waals surface area contributed by atoms with Crippen molar-refractivity contribution in [3.63, 3.8) is 0 Å². The highest BCUT2D eigenvalue weighted by molar-refractivity contribution is 9.10. The van der Waals surface area contributed by atoms with E-state index in [1.54, 1.807) is 4.68 Å². The summed E-state index contributed by atoms with van der Waals surface area (Å²) in [6.45, 7) is 7.05. The first-order chi connectivity index (χ1) is 8.63. The Morgan fingerprint density at radius 3 is 2.89 bits per heavy atom. The van der Waals surface area contributed by atoms with Crippen LogP contribution in [0.25, 0.3) is 5.69 Å². The standard InChI is InChI=1S/C12H16BrN5/c1-4-14-9(3)12-15-16-17-18(12)11-6-5-10(13)7-8(11)2/h5-7,9,14H,4H2,1-3H3. The molecular formula is C12H16BrN5. The van der Waals surface area contributed by atoms with Crippen molar-refractivity contribution >= 4 is 15.9 Å². The topological polar surface area (TPSA) is 55.6 Å². The lowest BCUT2D eigenvalue weighted by Crippen LogP contribution is -2.21. The van der Waals surface area contributed by atoms with E-state index in [-0.39, 0.29) is 6.04 Å². The van der Waals surface area contributed by atoms with E-state index in [9.17, 15) is 0 Å². The van der Waals surface area contributed by atoms with Crippen molar-refractivity contribution in [3.05, 3.63) is 34.1 Å². The third-order valence-corrected chi connectivity index (χ3v) is 3.27. The van der Waals surface area contributed by atoms with Crippen LogP contribution < -0.4 is 5.32 Å². The van der Waals surface area contributed by atoms with Crippen molar-refractivity contribution < 1.29 is 0 Å². The highest BCUT2D eigenvalue weighted by Gasteiger charge is 2.15. The van der Waals surface area contributed by atoms with Gasteiger partial charge in [-0.2, -0.15) is 4.68 Å². The first-order valence-electron chi connectivity index (χ1n) is 5.91. The molecule has 1 aromatic carbocycles. The van der Waals surface area contributed by atoms with Crippen LogP contribution in [0.2, 0.25) is 0 Å². The summed E-state index contributed by atoms with van der Waals surface area (Å²) in [7, 11) is 0. The Labute approximate surface area is 115 Å². The van der Waals surface area contributed by atoms with Gasteiger partial charge in [0.05, 0.1) is 11.7 Å². The van der Waals surface area contributed by atoms with Gasteiger partial charge in [0.25, 0.3) is 0 Å². The van der Waals surface area contributed by atoms with E-state index < -0.39 is 0 Å². The van der Waals surface area contributed by atoms with E-state index in [1.165, 1.54) is 0 Å². The van der Waals surface area contributed by atoms with Crippen molar-refractivity contribution in [2.75, 3.05) is 6.54 Å². The monoisotopic (exact) mass is 309 g/mol. The van der Waals surface area contributed by atoms with Crippen LogP contribution in [0.5, 0.6) is 0 Å². The highest BCUT2D eigenvalue weighted by Crippen LogP contribution is 2.21.